The molecule has 2 N–H and O–H groups in total. The number of phenols is 1. The lowest BCUT2D eigenvalue weighted by atomic mass is 9.51. The zero-order chi connectivity index (χ0) is 16.2. The van der Waals surface area contributed by atoms with Gasteiger partial charge >= 0.3 is 0 Å². The Morgan fingerprint density at radius 3 is 2.83 bits per heavy atom. The third-order valence-electron chi connectivity index (χ3n) is 7.44. The second kappa shape index (κ2) is 5.51. The van der Waals surface area contributed by atoms with Gasteiger partial charge in [-0.15, -0.1) is 0 Å². The molecule has 126 valence electrons. The fourth-order valence-corrected chi connectivity index (χ4v) is 6.50. The van der Waals surface area contributed by atoms with Crippen LogP contribution < -0.4 is 0 Å². The van der Waals surface area contributed by atoms with E-state index in [1.807, 2.05) is 12.1 Å². The molecule has 2 saturated carbocycles. The van der Waals surface area contributed by atoms with Crippen molar-refractivity contribution in [2.75, 3.05) is 0 Å². The summed E-state index contributed by atoms with van der Waals surface area (Å²) < 4.78 is 0. The predicted octanol–water partition coefficient (Wildman–Crippen LogP) is 4.64. The summed E-state index contributed by atoms with van der Waals surface area (Å²) in [7, 11) is 0. The summed E-state index contributed by atoms with van der Waals surface area (Å²) >= 11 is 0. The SMILES string of the molecule is CCC[C@H]1C[C@]2(C)[C@@H](O)CC[C@H]2[C@@H]2CCc3cc(O)ccc3[C@@H]12. The molecule has 1 aromatic rings. The lowest BCUT2D eigenvalue weighted by Crippen LogP contribution is -2.47. The molecule has 3 aliphatic rings. The Bertz CT molecular complexity index is 596. The minimum Gasteiger partial charge on any atom is -0.508 e. The van der Waals surface area contributed by atoms with Gasteiger partial charge in [-0.05, 0) is 84.5 Å². The summed E-state index contributed by atoms with van der Waals surface area (Å²) in [6.45, 7) is 4.65. The van der Waals surface area contributed by atoms with E-state index in [2.05, 4.69) is 19.9 Å². The van der Waals surface area contributed by atoms with Crippen LogP contribution in [-0.2, 0) is 6.42 Å². The molecule has 0 heterocycles. The van der Waals surface area contributed by atoms with E-state index in [4.69, 9.17) is 0 Å². The molecule has 0 radical (unpaired) electrons. The van der Waals surface area contributed by atoms with Crippen LogP contribution in [0.15, 0.2) is 18.2 Å². The largest absolute Gasteiger partial charge is 0.508 e. The van der Waals surface area contributed by atoms with E-state index in [0.29, 0.717) is 23.5 Å². The molecule has 4 rings (SSSR count). The molecule has 2 fully saturated rings. The quantitative estimate of drug-likeness (QED) is 0.835. The van der Waals surface area contributed by atoms with Crippen LogP contribution in [0, 0.1) is 23.2 Å². The first kappa shape index (κ1) is 15.5. The monoisotopic (exact) mass is 314 g/mol. The number of aliphatic hydroxyl groups is 1. The smallest absolute Gasteiger partial charge is 0.115 e. The van der Waals surface area contributed by atoms with Crippen LogP contribution in [0.4, 0.5) is 0 Å². The Balaban J connectivity index is 1.77. The van der Waals surface area contributed by atoms with Crippen LogP contribution in [0.5, 0.6) is 5.75 Å². The second-order valence-corrected chi connectivity index (χ2v) is 8.57. The summed E-state index contributed by atoms with van der Waals surface area (Å²) in [4.78, 5) is 0. The van der Waals surface area contributed by atoms with Gasteiger partial charge in [-0.25, -0.2) is 0 Å². The number of aromatic hydroxyl groups is 1. The minimum atomic E-state index is -0.103. The molecule has 6 atom stereocenters. The van der Waals surface area contributed by atoms with Crippen molar-refractivity contribution in [3.05, 3.63) is 29.3 Å². The van der Waals surface area contributed by atoms with Gasteiger partial charge in [0.25, 0.3) is 0 Å². The Morgan fingerprint density at radius 2 is 2.04 bits per heavy atom. The standard InChI is InChI=1S/C21H30O2/c1-3-4-14-12-21(2)18(9-10-19(21)23)17-7-5-13-11-15(22)6-8-16(13)20(14)17/h6,8,11,14,17-20,22-23H,3-5,7,9-10,12H2,1-2H3/t14-,17-,18-,19-,20+,21-/m0/s1. The molecule has 0 aliphatic heterocycles. The van der Waals surface area contributed by atoms with Crippen molar-refractivity contribution < 1.29 is 10.2 Å². The van der Waals surface area contributed by atoms with Gasteiger partial charge < -0.3 is 10.2 Å². The Labute approximate surface area is 139 Å². The molecular weight excluding hydrogens is 284 g/mol. The number of fused-ring (bicyclic) bond motifs is 5. The molecule has 0 bridgehead atoms. The van der Waals surface area contributed by atoms with Gasteiger partial charge in [0, 0.05) is 0 Å². The number of aliphatic hydroxyl groups excluding tert-OH is 1. The lowest BCUT2D eigenvalue weighted by molar-refractivity contribution is -0.0498. The van der Waals surface area contributed by atoms with Crippen LogP contribution in [0.2, 0.25) is 0 Å². The molecule has 23 heavy (non-hydrogen) atoms. The number of rotatable bonds is 2. The highest BCUT2D eigenvalue weighted by Crippen LogP contribution is 2.63. The first-order valence-electron chi connectivity index (χ1n) is 9.54. The fraction of sp³-hybridized carbons (Fsp3) is 0.714. The van der Waals surface area contributed by atoms with E-state index in [9.17, 15) is 10.2 Å². The van der Waals surface area contributed by atoms with E-state index in [0.717, 1.165) is 18.8 Å². The number of benzene rings is 1. The Kier molecular flexibility index (Phi) is 3.72. The summed E-state index contributed by atoms with van der Waals surface area (Å²) in [5.41, 5.74) is 3.01. The van der Waals surface area contributed by atoms with Crippen molar-refractivity contribution in [2.24, 2.45) is 23.2 Å². The molecular formula is C21H30O2. The van der Waals surface area contributed by atoms with Gasteiger partial charge in [0.05, 0.1) is 6.10 Å². The molecule has 1 aromatic carbocycles. The minimum absolute atomic E-state index is 0.103. The molecule has 2 nitrogen and oxygen atoms in total. The highest BCUT2D eigenvalue weighted by Gasteiger charge is 2.57. The van der Waals surface area contributed by atoms with Crippen LogP contribution in [0.1, 0.15) is 69.4 Å². The molecule has 3 aliphatic carbocycles. The van der Waals surface area contributed by atoms with Crippen molar-refractivity contribution in [1.82, 2.24) is 0 Å². The predicted molar refractivity (Wildman–Crippen MR) is 92.5 cm³/mol. The van der Waals surface area contributed by atoms with Crippen LogP contribution in [0.3, 0.4) is 0 Å². The maximum absolute atomic E-state index is 10.7. The highest BCUT2D eigenvalue weighted by atomic mass is 16.3. The topological polar surface area (TPSA) is 40.5 Å². The first-order valence-corrected chi connectivity index (χ1v) is 9.54. The molecule has 0 saturated heterocycles. The molecule has 0 amide bonds. The Hall–Kier alpha value is -1.02. The number of phenolic OH excluding ortho intramolecular Hbond substituents is 1. The van der Waals surface area contributed by atoms with Crippen molar-refractivity contribution in [3.63, 3.8) is 0 Å². The lowest BCUT2D eigenvalue weighted by Gasteiger charge is -2.54. The number of hydrogen-bond acceptors (Lipinski definition) is 2. The zero-order valence-corrected chi connectivity index (χ0v) is 14.5. The third-order valence-corrected chi connectivity index (χ3v) is 7.44. The fourth-order valence-electron chi connectivity index (χ4n) is 6.50. The van der Waals surface area contributed by atoms with Gasteiger partial charge in [0.1, 0.15) is 5.75 Å². The summed E-state index contributed by atoms with van der Waals surface area (Å²) in [5.74, 6) is 3.13. The van der Waals surface area contributed by atoms with E-state index < -0.39 is 0 Å². The number of hydrogen-bond donors (Lipinski definition) is 2. The van der Waals surface area contributed by atoms with Gasteiger partial charge in [-0.1, -0.05) is 32.8 Å². The maximum Gasteiger partial charge on any atom is 0.115 e. The van der Waals surface area contributed by atoms with E-state index >= 15 is 0 Å². The van der Waals surface area contributed by atoms with Gasteiger partial charge in [0.2, 0.25) is 0 Å². The summed E-state index contributed by atoms with van der Waals surface area (Å²) in [6.07, 6.45) is 8.06. The zero-order valence-electron chi connectivity index (χ0n) is 14.5. The average molecular weight is 314 g/mol. The van der Waals surface area contributed by atoms with Gasteiger partial charge in [-0.2, -0.15) is 0 Å². The van der Waals surface area contributed by atoms with E-state index in [1.165, 1.54) is 43.2 Å². The van der Waals surface area contributed by atoms with E-state index in [1.54, 1.807) is 0 Å². The second-order valence-electron chi connectivity index (χ2n) is 8.57. The number of aryl methyl sites for hydroxylation is 1. The first-order chi connectivity index (χ1) is 11.0. The molecule has 2 heteroatoms. The van der Waals surface area contributed by atoms with Crippen molar-refractivity contribution in [2.45, 2.75) is 70.8 Å². The normalized spacial score (nSPS) is 42.0. The third kappa shape index (κ3) is 2.25. The molecule has 0 aromatic heterocycles. The van der Waals surface area contributed by atoms with Gasteiger partial charge in [-0.3, -0.25) is 0 Å². The van der Waals surface area contributed by atoms with Crippen LogP contribution in [-0.4, -0.2) is 16.3 Å². The molecule has 0 spiro atoms. The van der Waals surface area contributed by atoms with Gasteiger partial charge in [0.15, 0.2) is 0 Å². The average Bonchev–Trinajstić information content (AvgIpc) is 2.82. The van der Waals surface area contributed by atoms with Crippen molar-refractivity contribution >= 4 is 0 Å². The van der Waals surface area contributed by atoms with Crippen molar-refractivity contribution in [3.8, 4) is 5.75 Å². The maximum atomic E-state index is 10.7. The van der Waals surface area contributed by atoms with Crippen LogP contribution in [0.25, 0.3) is 0 Å². The summed E-state index contributed by atoms with van der Waals surface area (Å²) in [6, 6.07) is 6.06. The molecule has 0 unspecified atom stereocenters. The van der Waals surface area contributed by atoms with Crippen molar-refractivity contribution in [1.29, 1.82) is 0 Å². The van der Waals surface area contributed by atoms with Crippen LogP contribution >= 0.6 is 0 Å². The Morgan fingerprint density at radius 1 is 1.22 bits per heavy atom. The summed E-state index contributed by atoms with van der Waals surface area (Å²) in [5, 5.41) is 20.5. The highest BCUT2D eigenvalue weighted by molar-refractivity contribution is 5.40. The van der Waals surface area contributed by atoms with E-state index in [-0.39, 0.29) is 11.5 Å².